The molecular weight excluding hydrogens is 465 g/mol. The lowest BCUT2D eigenvalue weighted by atomic mass is 9.81. The molecule has 0 atom stereocenters. The highest BCUT2D eigenvalue weighted by Crippen LogP contribution is 2.34. The summed E-state index contributed by atoms with van der Waals surface area (Å²) in [5.74, 6) is -1.13. The fraction of sp³-hybridized carbons (Fsp3) is 0.696. The van der Waals surface area contributed by atoms with Crippen LogP contribution in [-0.2, 0) is 29.1 Å². The van der Waals surface area contributed by atoms with Crippen LogP contribution in [0.3, 0.4) is 0 Å². The number of rotatable bonds is 4. The number of halogens is 1. The highest BCUT2D eigenvalue weighted by atomic mass is 32.2. The Kier molecular flexibility index (Phi) is 11.5. The Hall–Kier alpha value is -2.11. The summed E-state index contributed by atoms with van der Waals surface area (Å²) >= 11 is 0. The summed E-state index contributed by atoms with van der Waals surface area (Å²) in [4.78, 5) is 26.3. The number of ether oxygens (including phenoxy) is 2. The molecule has 0 aliphatic carbocycles. The molecule has 0 aromatic carbocycles. The molecule has 9 nitrogen and oxygen atoms in total. The Labute approximate surface area is 202 Å². The maximum atomic E-state index is 12.8. The van der Waals surface area contributed by atoms with E-state index in [0.29, 0.717) is 12.8 Å². The van der Waals surface area contributed by atoms with E-state index in [4.69, 9.17) is 9.47 Å². The van der Waals surface area contributed by atoms with E-state index in [9.17, 15) is 22.4 Å². The van der Waals surface area contributed by atoms with Crippen molar-refractivity contribution in [3.63, 3.8) is 0 Å². The molecule has 0 saturated carbocycles. The van der Waals surface area contributed by atoms with Gasteiger partial charge in [-0.05, 0) is 64.8 Å². The second-order valence-electron chi connectivity index (χ2n) is 8.58. The Morgan fingerprint density at radius 2 is 1.44 bits per heavy atom. The molecule has 1 aromatic rings. The molecule has 1 N–H and O–H groups in total. The minimum atomic E-state index is -3.71. The predicted molar refractivity (Wildman–Crippen MR) is 126 cm³/mol. The third-order valence-electron chi connectivity index (χ3n) is 6.23. The number of nitrogens with one attached hydrogen (secondary N) is 1. The Bertz CT molecular complexity index is 894. The largest absolute Gasteiger partial charge is 0.469 e. The average Bonchev–Trinajstić information content (AvgIpc) is 2.85. The first kappa shape index (κ1) is 29.9. The number of carbonyl (C=O) groups is 2. The number of pyridine rings is 1. The van der Waals surface area contributed by atoms with Gasteiger partial charge in [0.2, 0.25) is 16.0 Å². The smallest absolute Gasteiger partial charge is 0.311 e. The highest BCUT2D eigenvalue weighted by Gasteiger charge is 2.41. The van der Waals surface area contributed by atoms with Gasteiger partial charge >= 0.3 is 11.9 Å². The standard InChI is InChI=1S/C13H17FN2O4S.C8H15NO2.C2H6/c1-13(12(17)20-2)5-7-16(8-6-13)21(18,19)10-3-4-11(14)15-9-10;1-8(7(10)11-2)3-5-9-6-4-8;1-2/h3-4,9H,5-8H2,1-2H3;9H,3-6H2,1-2H3;1-2H3. The fourth-order valence-corrected chi connectivity index (χ4v) is 5.15. The Morgan fingerprint density at radius 1 is 0.971 bits per heavy atom. The number of esters is 2. The molecule has 2 saturated heterocycles. The van der Waals surface area contributed by atoms with E-state index in [0.717, 1.165) is 38.2 Å². The molecular formula is C23H38FN3O6S. The molecule has 0 unspecified atom stereocenters. The summed E-state index contributed by atoms with van der Waals surface area (Å²) in [6, 6.07) is 2.20. The highest BCUT2D eigenvalue weighted by molar-refractivity contribution is 7.89. The molecule has 11 heteroatoms. The molecule has 194 valence electrons. The third kappa shape index (κ3) is 7.44. The van der Waals surface area contributed by atoms with Gasteiger partial charge < -0.3 is 14.8 Å². The van der Waals surface area contributed by atoms with E-state index in [2.05, 4.69) is 10.3 Å². The number of hydrogen-bond acceptors (Lipinski definition) is 8. The number of hydrogen-bond donors (Lipinski definition) is 1. The summed E-state index contributed by atoms with van der Waals surface area (Å²) in [5, 5.41) is 3.21. The van der Waals surface area contributed by atoms with Crippen LogP contribution in [0.2, 0.25) is 0 Å². The van der Waals surface area contributed by atoms with Crippen LogP contribution in [0.5, 0.6) is 0 Å². The molecule has 0 amide bonds. The molecule has 3 rings (SSSR count). The number of sulfonamides is 1. The van der Waals surface area contributed by atoms with Gasteiger partial charge in [0.05, 0.1) is 31.2 Å². The summed E-state index contributed by atoms with van der Waals surface area (Å²) in [6.45, 7) is 10.0. The Balaban J connectivity index is 0.000000374. The van der Waals surface area contributed by atoms with Gasteiger partial charge in [0, 0.05) is 13.1 Å². The van der Waals surface area contributed by atoms with Gasteiger partial charge in [0.25, 0.3) is 0 Å². The molecule has 34 heavy (non-hydrogen) atoms. The maximum absolute atomic E-state index is 12.8. The summed E-state index contributed by atoms with van der Waals surface area (Å²) in [6.07, 6.45) is 3.54. The van der Waals surface area contributed by atoms with Crippen molar-refractivity contribution in [3.8, 4) is 0 Å². The number of piperidine rings is 2. The lowest BCUT2D eigenvalue weighted by Gasteiger charge is -2.36. The van der Waals surface area contributed by atoms with E-state index >= 15 is 0 Å². The van der Waals surface area contributed by atoms with Gasteiger partial charge in [0.1, 0.15) is 4.90 Å². The topological polar surface area (TPSA) is 115 Å². The number of carbonyl (C=O) groups excluding carboxylic acids is 2. The van der Waals surface area contributed by atoms with Crippen LogP contribution in [0.15, 0.2) is 23.2 Å². The molecule has 0 spiro atoms. The monoisotopic (exact) mass is 503 g/mol. The quantitative estimate of drug-likeness (QED) is 0.493. The molecule has 0 bridgehead atoms. The van der Waals surface area contributed by atoms with Crippen molar-refractivity contribution in [1.29, 1.82) is 0 Å². The summed E-state index contributed by atoms with van der Waals surface area (Å²) in [5.41, 5.74) is -0.901. The van der Waals surface area contributed by atoms with Crippen LogP contribution in [-0.4, -0.2) is 70.0 Å². The molecule has 2 fully saturated rings. The lowest BCUT2D eigenvalue weighted by Crippen LogP contribution is -2.45. The van der Waals surface area contributed by atoms with Crippen LogP contribution in [0.1, 0.15) is 53.4 Å². The third-order valence-corrected chi connectivity index (χ3v) is 8.11. The van der Waals surface area contributed by atoms with Crippen molar-refractivity contribution < 1.29 is 31.9 Å². The first-order valence-electron chi connectivity index (χ1n) is 11.5. The molecule has 3 heterocycles. The number of aromatic nitrogens is 1. The fourth-order valence-electron chi connectivity index (χ4n) is 3.76. The molecule has 2 aliphatic heterocycles. The van der Waals surface area contributed by atoms with Crippen LogP contribution in [0, 0.1) is 16.8 Å². The van der Waals surface area contributed by atoms with Crippen molar-refractivity contribution in [2.75, 3.05) is 40.4 Å². The van der Waals surface area contributed by atoms with E-state index in [1.54, 1.807) is 6.92 Å². The SMILES string of the molecule is CC.COC(=O)C1(C)CCN(S(=O)(=O)c2ccc(F)nc2)CC1.COC(=O)C1(C)CCNCC1. The Morgan fingerprint density at radius 3 is 1.85 bits per heavy atom. The van der Waals surface area contributed by atoms with Crippen molar-refractivity contribution in [2.45, 2.75) is 58.3 Å². The van der Waals surface area contributed by atoms with E-state index in [1.165, 1.54) is 24.6 Å². The summed E-state index contributed by atoms with van der Waals surface area (Å²) in [7, 11) is -0.935. The first-order valence-corrected chi connectivity index (χ1v) is 12.9. The normalized spacial score (nSPS) is 19.4. The maximum Gasteiger partial charge on any atom is 0.311 e. The molecule has 0 radical (unpaired) electrons. The predicted octanol–water partition coefficient (Wildman–Crippen LogP) is 2.76. The van der Waals surface area contributed by atoms with Gasteiger partial charge in [0.15, 0.2) is 0 Å². The lowest BCUT2D eigenvalue weighted by molar-refractivity contribution is -0.154. The van der Waals surface area contributed by atoms with Crippen LogP contribution >= 0.6 is 0 Å². The van der Waals surface area contributed by atoms with E-state index < -0.39 is 21.4 Å². The minimum absolute atomic E-state index is 0.0504. The molecule has 2 aliphatic rings. The number of methoxy groups -OCH3 is 2. The van der Waals surface area contributed by atoms with Crippen molar-refractivity contribution in [1.82, 2.24) is 14.6 Å². The van der Waals surface area contributed by atoms with Crippen LogP contribution < -0.4 is 5.32 Å². The van der Waals surface area contributed by atoms with Crippen LogP contribution in [0.4, 0.5) is 4.39 Å². The van der Waals surface area contributed by atoms with E-state index in [-0.39, 0.29) is 35.3 Å². The van der Waals surface area contributed by atoms with Crippen molar-refractivity contribution in [2.24, 2.45) is 10.8 Å². The number of nitrogens with zero attached hydrogens (tertiary/aromatic N) is 2. The zero-order valence-corrected chi connectivity index (χ0v) is 21.8. The van der Waals surface area contributed by atoms with E-state index in [1.807, 2.05) is 20.8 Å². The van der Waals surface area contributed by atoms with Crippen molar-refractivity contribution in [3.05, 3.63) is 24.3 Å². The van der Waals surface area contributed by atoms with Gasteiger partial charge in [-0.15, -0.1) is 0 Å². The second kappa shape index (κ2) is 13.1. The van der Waals surface area contributed by atoms with Gasteiger partial charge in [-0.3, -0.25) is 9.59 Å². The van der Waals surface area contributed by atoms with Crippen molar-refractivity contribution >= 4 is 22.0 Å². The average molecular weight is 504 g/mol. The van der Waals surface area contributed by atoms with Gasteiger partial charge in [-0.2, -0.15) is 8.70 Å². The zero-order chi connectivity index (χ0) is 26.0. The van der Waals surface area contributed by atoms with Gasteiger partial charge in [-0.1, -0.05) is 13.8 Å². The summed E-state index contributed by atoms with van der Waals surface area (Å²) < 4.78 is 48.3. The zero-order valence-electron chi connectivity index (χ0n) is 21.0. The van der Waals surface area contributed by atoms with Crippen LogP contribution in [0.25, 0.3) is 0 Å². The molecule has 1 aromatic heterocycles. The second-order valence-corrected chi connectivity index (χ2v) is 10.5. The first-order chi connectivity index (χ1) is 16.0. The van der Waals surface area contributed by atoms with Gasteiger partial charge in [-0.25, -0.2) is 13.4 Å². The minimum Gasteiger partial charge on any atom is -0.469 e.